The van der Waals surface area contributed by atoms with E-state index in [4.69, 9.17) is 4.74 Å². The summed E-state index contributed by atoms with van der Waals surface area (Å²) in [5.74, 6) is 1.60. The van der Waals surface area contributed by atoms with Crippen LogP contribution in [-0.2, 0) is 0 Å². The first-order valence-corrected chi connectivity index (χ1v) is 6.09. The van der Waals surface area contributed by atoms with Gasteiger partial charge in [0.15, 0.2) is 5.82 Å². The molecule has 0 radical (unpaired) electrons. The number of ether oxygens (including phenoxy) is 1. The fraction of sp³-hybridized carbons (Fsp3) is 0.0769. The normalized spacial score (nSPS) is 10.6. The van der Waals surface area contributed by atoms with Crippen LogP contribution < -0.4 is 4.74 Å². The molecule has 0 unspecified atom stereocenters. The molecule has 3 aromatic rings. The Labute approximate surface area is 103 Å². The Morgan fingerprint density at radius 2 is 2.18 bits per heavy atom. The first-order chi connectivity index (χ1) is 8.36. The topological polar surface area (TPSA) is 35.0 Å². The Kier molecular flexibility index (Phi) is 2.49. The Morgan fingerprint density at radius 1 is 1.24 bits per heavy atom. The van der Waals surface area contributed by atoms with Gasteiger partial charge in [0, 0.05) is 11.6 Å². The van der Waals surface area contributed by atoms with Gasteiger partial charge < -0.3 is 4.74 Å². The van der Waals surface area contributed by atoms with E-state index < -0.39 is 0 Å². The SMILES string of the molecule is COc1ccc2nc(-c3cccs3)ncc2c1. The molecule has 0 spiro atoms. The maximum absolute atomic E-state index is 5.17. The lowest BCUT2D eigenvalue weighted by atomic mass is 10.2. The van der Waals surface area contributed by atoms with E-state index in [1.54, 1.807) is 18.4 Å². The third-order valence-electron chi connectivity index (χ3n) is 2.53. The van der Waals surface area contributed by atoms with E-state index >= 15 is 0 Å². The Balaban J connectivity index is 2.14. The highest BCUT2D eigenvalue weighted by molar-refractivity contribution is 7.13. The highest BCUT2D eigenvalue weighted by atomic mass is 32.1. The zero-order chi connectivity index (χ0) is 11.7. The summed E-state index contributed by atoms with van der Waals surface area (Å²) in [6.07, 6.45) is 1.83. The van der Waals surface area contributed by atoms with Crippen LogP contribution in [0.3, 0.4) is 0 Å². The van der Waals surface area contributed by atoms with E-state index in [1.807, 2.05) is 41.9 Å². The zero-order valence-electron chi connectivity index (χ0n) is 9.25. The number of aromatic nitrogens is 2. The van der Waals surface area contributed by atoms with Crippen LogP contribution in [-0.4, -0.2) is 17.1 Å². The first kappa shape index (κ1) is 10.2. The molecule has 0 aliphatic rings. The van der Waals surface area contributed by atoms with E-state index in [2.05, 4.69) is 9.97 Å². The summed E-state index contributed by atoms with van der Waals surface area (Å²) in [7, 11) is 1.65. The fourth-order valence-corrected chi connectivity index (χ4v) is 2.33. The van der Waals surface area contributed by atoms with Crippen LogP contribution in [0.15, 0.2) is 41.9 Å². The molecule has 0 fully saturated rings. The average Bonchev–Trinajstić information content (AvgIpc) is 2.91. The number of rotatable bonds is 2. The molecule has 0 aliphatic carbocycles. The molecule has 2 heterocycles. The molecule has 3 nitrogen and oxygen atoms in total. The minimum Gasteiger partial charge on any atom is -0.497 e. The molecule has 0 aliphatic heterocycles. The van der Waals surface area contributed by atoms with Crippen molar-refractivity contribution in [1.29, 1.82) is 0 Å². The van der Waals surface area contributed by atoms with Crippen molar-refractivity contribution in [3.05, 3.63) is 41.9 Å². The van der Waals surface area contributed by atoms with Crippen molar-refractivity contribution >= 4 is 22.2 Å². The van der Waals surface area contributed by atoms with E-state index in [0.29, 0.717) is 0 Å². The van der Waals surface area contributed by atoms with Crippen molar-refractivity contribution in [3.63, 3.8) is 0 Å². The highest BCUT2D eigenvalue weighted by Crippen LogP contribution is 2.24. The van der Waals surface area contributed by atoms with Crippen LogP contribution in [0.5, 0.6) is 5.75 Å². The number of methoxy groups -OCH3 is 1. The monoisotopic (exact) mass is 242 g/mol. The van der Waals surface area contributed by atoms with E-state index in [9.17, 15) is 0 Å². The molecule has 0 amide bonds. The summed E-state index contributed by atoms with van der Waals surface area (Å²) < 4.78 is 5.17. The van der Waals surface area contributed by atoms with Gasteiger partial charge >= 0.3 is 0 Å². The summed E-state index contributed by atoms with van der Waals surface area (Å²) in [6, 6.07) is 9.82. The second kappa shape index (κ2) is 4.14. The lowest BCUT2D eigenvalue weighted by Crippen LogP contribution is -1.89. The van der Waals surface area contributed by atoms with Crippen molar-refractivity contribution in [2.24, 2.45) is 0 Å². The summed E-state index contributed by atoms with van der Waals surface area (Å²) >= 11 is 1.64. The zero-order valence-corrected chi connectivity index (χ0v) is 10.1. The minimum absolute atomic E-state index is 0.776. The predicted octanol–water partition coefficient (Wildman–Crippen LogP) is 3.37. The average molecular weight is 242 g/mol. The van der Waals surface area contributed by atoms with Gasteiger partial charge in [0.2, 0.25) is 0 Å². The number of hydrogen-bond acceptors (Lipinski definition) is 4. The Bertz CT molecular complexity index is 650. The standard InChI is InChI=1S/C13H10N2OS/c1-16-10-4-5-11-9(7-10)8-14-13(15-11)12-3-2-6-17-12/h2-8H,1H3. The van der Waals surface area contributed by atoms with Crippen LogP contribution in [0, 0.1) is 0 Å². The maximum atomic E-state index is 5.17. The Hall–Kier alpha value is -1.94. The van der Waals surface area contributed by atoms with Crippen molar-refractivity contribution in [2.45, 2.75) is 0 Å². The summed E-state index contributed by atoms with van der Waals surface area (Å²) in [4.78, 5) is 9.99. The smallest absolute Gasteiger partial charge is 0.169 e. The Morgan fingerprint density at radius 3 is 2.94 bits per heavy atom. The minimum atomic E-state index is 0.776. The second-order valence-corrected chi connectivity index (χ2v) is 4.54. The van der Waals surface area contributed by atoms with Crippen molar-refractivity contribution in [1.82, 2.24) is 9.97 Å². The third kappa shape index (κ3) is 1.87. The molecule has 1 aromatic carbocycles. The second-order valence-electron chi connectivity index (χ2n) is 3.60. The van der Waals surface area contributed by atoms with Gasteiger partial charge in [-0.15, -0.1) is 11.3 Å². The van der Waals surface area contributed by atoms with Gasteiger partial charge in [-0.05, 0) is 29.6 Å². The van der Waals surface area contributed by atoms with Crippen LogP contribution in [0.25, 0.3) is 21.6 Å². The molecule has 3 rings (SSSR count). The quantitative estimate of drug-likeness (QED) is 0.691. The van der Waals surface area contributed by atoms with Gasteiger partial charge in [-0.3, -0.25) is 0 Å². The number of fused-ring (bicyclic) bond motifs is 1. The van der Waals surface area contributed by atoms with Crippen LogP contribution in [0.2, 0.25) is 0 Å². The summed E-state index contributed by atoms with van der Waals surface area (Å²) in [5, 5.41) is 3.02. The molecule has 2 aromatic heterocycles. The molecule has 84 valence electrons. The van der Waals surface area contributed by atoms with Gasteiger partial charge in [-0.25, -0.2) is 9.97 Å². The predicted molar refractivity (Wildman–Crippen MR) is 69.4 cm³/mol. The van der Waals surface area contributed by atoms with Gasteiger partial charge in [0.1, 0.15) is 5.75 Å². The van der Waals surface area contributed by atoms with Crippen LogP contribution in [0.1, 0.15) is 0 Å². The number of nitrogens with zero attached hydrogens (tertiary/aromatic N) is 2. The van der Waals surface area contributed by atoms with E-state index in [-0.39, 0.29) is 0 Å². The number of thiophene rings is 1. The molecule has 0 saturated heterocycles. The molecule has 4 heteroatoms. The maximum Gasteiger partial charge on any atom is 0.169 e. The van der Waals surface area contributed by atoms with Crippen molar-refractivity contribution in [3.8, 4) is 16.5 Å². The lowest BCUT2D eigenvalue weighted by molar-refractivity contribution is 0.415. The van der Waals surface area contributed by atoms with Crippen molar-refractivity contribution < 1.29 is 4.74 Å². The van der Waals surface area contributed by atoms with Gasteiger partial charge in [0.05, 0.1) is 17.5 Å². The number of benzene rings is 1. The summed E-state index contributed by atoms with van der Waals surface area (Å²) in [6.45, 7) is 0. The lowest BCUT2D eigenvalue weighted by Gasteiger charge is -2.02. The molecule has 0 bridgehead atoms. The first-order valence-electron chi connectivity index (χ1n) is 5.21. The van der Waals surface area contributed by atoms with Crippen LogP contribution in [0.4, 0.5) is 0 Å². The van der Waals surface area contributed by atoms with Crippen LogP contribution >= 0.6 is 11.3 Å². The van der Waals surface area contributed by atoms with E-state index in [0.717, 1.165) is 27.4 Å². The van der Waals surface area contributed by atoms with E-state index in [1.165, 1.54) is 0 Å². The molecule has 0 saturated carbocycles. The van der Waals surface area contributed by atoms with Gasteiger partial charge in [-0.2, -0.15) is 0 Å². The summed E-state index contributed by atoms with van der Waals surface area (Å²) in [5.41, 5.74) is 0.934. The molecule has 17 heavy (non-hydrogen) atoms. The molecule has 0 N–H and O–H groups in total. The van der Waals surface area contributed by atoms with Crippen molar-refractivity contribution in [2.75, 3.05) is 7.11 Å². The third-order valence-corrected chi connectivity index (χ3v) is 3.39. The molecular weight excluding hydrogens is 232 g/mol. The fourth-order valence-electron chi connectivity index (χ4n) is 1.66. The molecule has 0 atom stereocenters. The van der Waals surface area contributed by atoms with Gasteiger partial charge in [-0.1, -0.05) is 6.07 Å². The van der Waals surface area contributed by atoms with Gasteiger partial charge in [0.25, 0.3) is 0 Å². The highest BCUT2D eigenvalue weighted by Gasteiger charge is 2.04. The largest absolute Gasteiger partial charge is 0.497 e. The molecular formula is C13H10N2OS. The number of hydrogen-bond donors (Lipinski definition) is 0.